The van der Waals surface area contributed by atoms with Crippen molar-refractivity contribution in [3.8, 4) is 0 Å². The Kier molecular flexibility index (Phi) is 5.45. The van der Waals surface area contributed by atoms with Crippen LogP contribution < -0.4 is 9.91 Å². The maximum Gasteiger partial charge on any atom is 0.296 e. The fraction of sp³-hybridized carbons (Fsp3) is 0.154. The van der Waals surface area contributed by atoms with Crippen LogP contribution in [-0.4, -0.2) is 32.7 Å². The molecule has 1 unspecified atom stereocenters. The summed E-state index contributed by atoms with van der Waals surface area (Å²) >= 11 is 1.22. The van der Waals surface area contributed by atoms with Gasteiger partial charge in [0.25, 0.3) is 5.12 Å². The van der Waals surface area contributed by atoms with Gasteiger partial charge in [-0.2, -0.15) is 10.1 Å². The summed E-state index contributed by atoms with van der Waals surface area (Å²) in [6, 6.07) is 27.3. The van der Waals surface area contributed by atoms with Crippen LogP contribution in [0, 0.1) is 6.92 Å². The van der Waals surface area contributed by atoms with E-state index in [4.69, 9.17) is 10.2 Å². The third kappa shape index (κ3) is 3.47. The lowest BCUT2D eigenvalue weighted by Gasteiger charge is -2.44. The number of thioether (sulfide) groups is 1. The Morgan fingerprint density at radius 2 is 1.47 bits per heavy atom. The first kappa shape index (κ1) is 21.9. The molecule has 1 spiro atoms. The Labute approximate surface area is 202 Å². The number of para-hydroxylation sites is 1. The molecule has 0 fully saturated rings. The zero-order valence-corrected chi connectivity index (χ0v) is 19.9. The number of amidine groups is 1. The number of amides is 1. The minimum absolute atomic E-state index is 0.177. The van der Waals surface area contributed by atoms with Crippen LogP contribution in [0.15, 0.2) is 95.1 Å². The summed E-state index contributed by atoms with van der Waals surface area (Å²) in [6.07, 6.45) is 0. The van der Waals surface area contributed by atoms with Gasteiger partial charge in [0.1, 0.15) is 0 Å². The van der Waals surface area contributed by atoms with Crippen molar-refractivity contribution in [2.45, 2.75) is 25.9 Å². The lowest BCUT2D eigenvalue weighted by Crippen LogP contribution is -2.63. The average Bonchev–Trinajstić information content (AvgIpc) is 3.40. The second kappa shape index (κ2) is 8.46. The van der Waals surface area contributed by atoms with Gasteiger partial charge in [0.05, 0.1) is 5.69 Å². The number of Topliss-reactive ketones (excluding diaryl/α,β-unsaturated/α-hetero) is 1. The van der Waals surface area contributed by atoms with Gasteiger partial charge in [-0.15, -0.1) is 5.10 Å². The predicted molar refractivity (Wildman–Crippen MR) is 137 cm³/mol. The Bertz CT molecular complexity index is 1330. The number of hydrogen-bond donors (Lipinski definition) is 0. The van der Waals surface area contributed by atoms with Gasteiger partial charge in [0, 0.05) is 25.1 Å². The normalized spacial score (nSPS) is 19.4. The van der Waals surface area contributed by atoms with Crippen LogP contribution in [0.5, 0.6) is 0 Å². The number of anilines is 2. The van der Waals surface area contributed by atoms with Crippen LogP contribution in [-0.2, 0) is 9.59 Å². The van der Waals surface area contributed by atoms with Crippen LogP contribution >= 0.6 is 11.8 Å². The minimum atomic E-state index is -1.27. The van der Waals surface area contributed by atoms with Gasteiger partial charge in [0.2, 0.25) is 5.91 Å². The number of aryl methyl sites for hydroxylation is 1. The lowest BCUT2D eigenvalue weighted by molar-refractivity contribution is -0.131. The average molecular weight is 470 g/mol. The van der Waals surface area contributed by atoms with Crippen molar-refractivity contribution in [2.24, 2.45) is 10.2 Å². The zero-order chi connectivity index (χ0) is 23.9. The van der Waals surface area contributed by atoms with Crippen molar-refractivity contribution >= 4 is 45.7 Å². The molecule has 0 N–H and O–H groups in total. The van der Waals surface area contributed by atoms with Crippen LogP contribution in [0.3, 0.4) is 0 Å². The van der Waals surface area contributed by atoms with Crippen molar-refractivity contribution in [2.75, 3.05) is 9.91 Å². The Morgan fingerprint density at radius 3 is 2.09 bits per heavy atom. The van der Waals surface area contributed by atoms with Crippen molar-refractivity contribution in [3.05, 3.63) is 96.1 Å². The van der Waals surface area contributed by atoms with E-state index in [1.165, 1.54) is 30.6 Å². The highest BCUT2D eigenvalue weighted by Crippen LogP contribution is 2.51. The summed E-state index contributed by atoms with van der Waals surface area (Å²) in [7, 11) is 0. The monoisotopic (exact) mass is 469 g/mol. The molecule has 0 aliphatic carbocycles. The molecule has 170 valence electrons. The highest BCUT2D eigenvalue weighted by Gasteiger charge is 2.61. The SMILES string of the molecule is CC(=O)C1=NN(c2cccc(C)c2)C2(S1)N(C(C)=O)N=C(c1ccccc1)N2c1ccccc1. The molecule has 0 saturated heterocycles. The molecule has 3 aromatic rings. The first-order chi connectivity index (χ1) is 16.4. The molecule has 5 rings (SSSR count). The van der Waals surface area contributed by atoms with Gasteiger partial charge in [-0.25, -0.2) is 5.01 Å². The number of carbonyl (C=O) groups is 2. The number of ketones is 1. The van der Waals surface area contributed by atoms with Crippen LogP contribution in [0.25, 0.3) is 0 Å². The fourth-order valence-electron chi connectivity index (χ4n) is 4.10. The van der Waals surface area contributed by atoms with Gasteiger partial charge >= 0.3 is 0 Å². The number of benzene rings is 3. The highest BCUT2D eigenvalue weighted by molar-refractivity contribution is 8.17. The quantitative estimate of drug-likeness (QED) is 0.549. The molecule has 2 aliphatic heterocycles. The van der Waals surface area contributed by atoms with Crippen molar-refractivity contribution < 1.29 is 9.59 Å². The number of hydrogen-bond acceptors (Lipinski definition) is 7. The number of carbonyl (C=O) groups excluding carboxylic acids is 2. The molecular formula is C26H23N5O2S. The van der Waals surface area contributed by atoms with E-state index in [2.05, 4.69) is 0 Å². The maximum absolute atomic E-state index is 13.1. The van der Waals surface area contributed by atoms with E-state index in [1.54, 1.807) is 5.01 Å². The van der Waals surface area contributed by atoms with Crippen LogP contribution in [0.2, 0.25) is 0 Å². The molecule has 8 heteroatoms. The number of nitrogens with zero attached hydrogens (tertiary/aromatic N) is 5. The zero-order valence-electron chi connectivity index (χ0n) is 19.0. The third-order valence-corrected chi connectivity index (χ3v) is 6.93. The summed E-state index contributed by atoms with van der Waals surface area (Å²) in [4.78, 5) is 27.6. The lowest BCUT2D eigenvalue weighted by atomic mass is 10.1. The summed E-state index contributed by atoms with van der Waals surface area (Å²) in [6.45, 7) is 4.95. The summed E-state index contributed by atoms with van der Waals surface area (Å²) in [5.41, 5.74) is 3.45. The highest BCUT2D eigenvalue weighted by atomic mass is 32.2. The van der Waals surface area contributed by atoms with Gasteiger partial charge < -0.3 is 0 Å². The first-order valence-electron chi connectivity index (χ1n) is 10.9. The Balaban J connectivity index is 1.79. The largest absolute Gasteiger partial charge is 0.296 e. The topological polar surface area (TPSA) is 68.6 Å². The standard InChI is InChI=1S/C26H23N5O2S/c1-18-11-10-16-23(17-18)31-26(34-25(28-31)19(2)32)29(22-14-8-5-9-15-22)24(27-30(26)20(3)33)21-12-6-4-7-13-21/h4-17H,1-3H3. The predicted octanol–water partition coefficient (Wildman–Crippen LogP) is 4.79. The van der Waals surface area contributed by atoms with E-state index in [0.29, 0.717) is 10.9 Å². The third-order valence-electron chi connectivity index (χ3n) is 5.57. The molecule has 0 bridgehead atoms. The Morgan fingerprint density at radius 1 is 0.824 bits per heavy atom. The van der Waals surface area contributed by atoms with Crippen LogP contribution in [0.4, 0.5) is 11.4 Å². The molecule has 2 heterocycles. The molecule has 1 atom stereocenters. The van der Waals surface area contributed by atoms with Crippen molar-refractivity contribution in [1.29, 1.82) is 0 Å². The molecule has 3 aromatic carbocycles. The summed E-state index contributed by atoms with van der Waals surface area (Å²) < 4.78 is 0. The van der Waals surface area contributed by atoms with E-state index in [0.717, 1.165) is 22.5 Å². The molecule has 0 saturated carbocycles. The van der Waals surface area contributed by atoms with Gasteiger partial charge in [-0.1, -0.05) is 60.7 Å². The summed E-state index contributed by atoms with van der Waals surface area (Å²) in [5.74, 6) is 0.147. The molecule has 7 nitrogen and oxygen atoms in total. The van der Waals surface area contributed by atoms with E-state index >= 15 is 0 Å². The van der Waals surface area contributed by atoms with E-state index in [9.17, 15) is 9.59 Å². The molecule has 0 radical (unpaired) electrons. The molecule has 0 aromatic heterocycles. The minimum Gasteiger partial charge on any atom is -0.292 e. The van der Waals surface area contributed by atoms with Gasteiger partial charge in [-0.05, 0) is 48.5 Å². The smallest absolute Gasteiger partial charge is 0.292 e. The van der Waals surface area contributed by atoms with Crippen molar-refractivity contribution in [3.63, 3.8) is 0 Å². The Hall–Kier alpha value is -3.91. The maximum atomic E-state index is 13.1. The van der Waals surface area contributed by atoms with E-state index in [1.807, 2.05) is 96.8 Å². The fourth-order valence-corrected chi connectivity index (χ4v) is 5.40. The first-order valence-corrected chi connectivity index (χ1v) is 11.7. The van der Waals surface area contributed by atoms with Crippen molar-refractivity contribution in [1.82, 2.24) is 5.01 Å². The van der Waals surface area contributed by atoms with E-state index in [-0.39, 0.29) is 11.7 Å². The number of hydrazone groups is 2. The van der Waals surface area contributed by atoms with E-state index < -0.39 is 5.12 Å². The number of rotatable bonds is 4. The molecule has 1 amide bonds. The second-order valence-corrected chi connectivity index (χ2v) is 9.22. The summed E-state index contributed by atoms with van der Waals surface area (Å²) in [5, 5.41) is 11.7. The molecule has 2 aliphatic rings. The van der Waals surface area contributed by atoms with Gasteiger partial charge in [0.15, 0.2) is 16.7 Å². The second-order valence-electron chi connectivity index (χ2n) is 8.08. The molecular weight excluding hydrogens is 446 g/mol. The molecule has 34 heavy (non-hydrogen) atoms. The van der Waals surface area contributed by atoms with Crippen LogP contribution in [0.1, 0.15) is 25.0 Å². The van der Waals surface area contributed by atoms with Gasteiger partial charge in [-0.3, -0.25) is 14.5 Å².